The van der Waals surface area contributed by atoms with Crippen molar-refractivity contribution in [3.05, 3.63) is 12.2 Å². The van der Waals surface area contributed by atoms with Crippen molar-refractivity contribution >= 4 is 17.6 Å². The van der Waals surface area contributed by atoms with Gasteiger partial charge in [0.15, 0.2) is 0 Å². The van der Waals surface area contributed by atoms with Crippen LogP contribution in [0.25, 0.3) is 0 Å². The number of halogens is 1. The van der Waals surface area contributed by atoms with Gasteiger partial charge in [0.1, 0.15) is 5.38 Å². The van der Waals surface area contributed by atoms with Crippen molar-refractivity contribution in [2.75, 3.05) is 0 Å². The lowest BCUT2D eigenvalue weighted by Crippen LogP contribution is -2.12. The van der Waals surface area contributed by atoms with Crippen LogP contribution in [-0.2, 0) is 4.79 Å². The van der Waals surface area contributed by atoms with Crippen LogP contribution in [0.3, 0.4) is 0 Å². The summed E-state index contributed by atoms with van der Waals surface area (Å²) >= 11 is 5.69. The SMILES string of the molecule is CCCCCCCC/C=C\CCCCCCCCCCC(Cl)C(=O)O. The highest BCUT2D eigenvalue weighted by molar-refractivity contribution is 6.29. The van der Waals surface area contributed by atoms with Crippen molar-refractivity contribution < 1.29 is 9.90 Å². The minimum Gasteiger partial charge on any atom is -0.480 e. The second kappa shape index (κ2) is 19.8. The van der Waals surface area contributed by atoms with Gasteiger partial charge in [0.05, 0.1) is 0 Å². The molecule has 25 heavy (non-hydrogen) atoms. The average molecular weight is 373 g/mol. The molecule has 0 amide bonds. The lowest BCUT2D eigenvalue weighted by atomic mass is 10.1. The minimum absolute atomic E-state index is 0.599. The van der Waals surface area contributed by atoms with Crippen molar-refractivity contribution in [3.63, 3.8) is 0 Å². The third-order valence-corrected chi connectivity index (χ3v) is 5.14. The molecule has 0 saturated carbocycles. The smallest absolute Gasteiger partial charge is 0.321 e. The summed E-state index contributed by atoms with van der Waals surface area (Å²) in [6.45, 7) is 2.27. The minimum atomic E-state index is -0.886. The third-order valence-electron chi connectivity index (χ3n) is 4.74. The van der Waals surface area contributed by atoms with Gasteiger partial charge in [-0.25, -0.2) is 0 Å². The Balaban J connectivity index is 3.13. The van der Waals surface area contributed by atoms with Gasteiger partial charge < -0.3 is 5.11 Å². The number of hydrogen-bond donors (Lipinski definition) is 1. The van der Waals surface area contributed by atoms with Crippen LogP contribution in [0.1, 0.15) is 116 Å². The Morgan fingerprint density at radius 1 is 0.760 bits per heavy atom. The van der Waals surface area contributed by atoms with E-state index in [1.54, 1.807) is 0 Å². The molecule has 1 unspecified atom stereocenters. The van der Waals surface area contributed by atoms with Crippen LogP contribution >= 0.6 is 11.6 Å². The zero-order valence-corrected chi connectivity index (χ0v) is 17.2. The molecule has 0 aliphatic heterocycles. The summed E-state index contributed by atoms with van der Waals surface area (Å²) in [6, 6.07) is 0. The van der Waals surface area contributed by atoms with Crippen molar-refractivity contribution in [1.82, 2.24) is 0 Å². The first-order chi connectivity index (χ1) is 12.2. The Bertz CT molecular complexity index is 315. The maximum Gasteiger partial charge on any atom is 0.321 e. The second-order valence-corrected chi connectivity index (χ2v) is 7.77. The number of unbranched alkanes of at least 4 members (excludes halogenated alkanes) is 14. The van der Waals surface area contributed by atoms with E-state index in [0.717, 1.165) is 12.8 Å². The topological polar surface area (TPSA) is 37.3 Å². The normalized spacial score (nSPS) is 12.7. The van der Waals surface area contributed by atoms with Crippen molar-refractivity contribution in [3.8, 4) is 0 Å². The van der Waals surface area contributed by atoms with Crippen molar-refractivity contribution in [2.24, 2.45) is 0 Å². The van der Waals surface area contributed by atoms with E-state index in [2.05, 4.69) is 19.1 Å². The number of allylic oxidation sites excluding steroid dienone is 2. The van der Waals surface area contributed by atoms with Gasteiger partial charge in [-0.2, -0.15) is 0 Å². The molecule has 0 aromatic rings. The fourth-order valence-corrected chi connectivity index (χ4v) is 3.20. The van der Waals surface area contributed by atoms with Gasteiger partial charge in [0.2, 0.25) is 0 Å². The van der Waals surface area contributed by atoms with Gasteiger partial charge in [0.25, 0.3) is 0 Å². The monoisotopic (exact) mass is 372 g/mol. The summed E-state index contributed by atoms with van der Waals surface area (Å²) in [6.07, 6.45) is 26.0. The number of carbonyl (C=O) groups is 1. The summed E-state index contributed by atoms with van der Waals surface area (Å²) in [5, 5.41) is 7.99. The van der Waals surface area contributed by atoms with Crippen LogP contribution in [0.2, 0.25) is 0 Å². The van der Waals surface area contributed by atoms with Crippen LogP contribution in [0.4, 0.5) is 0 Å². The molecule has 0 saturated heterocycles. The molecular formula is C22H41ClO2. The second-order valence-electron chi connectivity index (χ2n) is 7.24. The molecule has 0 fully saturated rings. The fourth-order valence-electron chi connectivity index (χ4n) is 3.05. The van der Waals surface area contributed by atoms with Crippen LogP contribution in [-0.4, -0.2) is 16.5 Å². The summed E-state index contributed by atoms with van der Waals surface area (Å²) in [4.78, 5) is 10.6. The van der Waals surface area contributed by atoms with Gasteiger partial charge in [0, 0.05) is 0 Å². The Hall–Kier alpha value is -0.500. The number of carboxylic acid groups (broad SMARTS) is 1. The summed E-state index contributed by atoms with van der Waals surface area (Å²) in [5.74, 6) is -0.886. The van der Waals surface area contributed by atoms with Crippen LogP contribution in [0, 0.1) is 0 Å². The number of rotatable bonds is 19. The molecule has 1 N–H and O–H groups in total. The largest absolute Gasteiger partial charge is 0.480 e. The van der Waals surface area contributed by atoms with E-state index in [1.807, 2.05) is 0 Å². The predicted octanol–water partition coefficient (Wildman–Crippen LogP) is 7.89. The summed E-state index contributed by atoms with van der Waals surface area (Å²) in [7, 11) is 0. The Kier molecular flexibility index (Phi) is 19.4. The molecule has 0 radical (unpaired) electrons. The molecule has 0 aromatic carbocycles. The first-order valence-corrected chi connectivity index (χ1v) is 11.1. The maximum atomic E-state index is 10.6. The molecule has 148 valence electrons. The first kappa shape index (κ1) is 24.5. The standard InChI is InChI=1S/C22H41ClO2/c1-2-3-4-5-6-7-8-9-10-11-12-13-14-15-16-17-18-19-20-21(23)22(24)25/h9-10,21H,2-8,11-20H2,1H3,(H,24,25)/b10-9-. The van der Waals surface area contributed by atoms with E-state index >= 15 is 0 Å². The van der Waals surface area contributed by atoms with Crippen LogP contribution in [0.5, 0.6) is 0 Å². The van der Waals surface area contributed by atoms with Crippen molar-refractivity contribution in [2.45, 2.75) is 121 Å². The van der Waals surface area contributed by atoms with E-state index in [4.69, 9.17) is 16.7 Å². The highest BCUT2D eigenvalue weighted by Gasteiger charge is 2.11. The molecule has 0 aliphatic rings. The van der Waals surface area contributed by atoms with Gasteiger partial charge in [-0.15, -0.1) is 11.6 Å². The Labute approximate surface area is 161 Å². The van der Waals surface area contributed by atoms with Crippen molar-refractivity contribution in [1.29, 1.82) is 0 Å². The number of alkyl halides is 1. The summed E-state index contributed by atoms with van der Waals surface area (Å²) < 4.78 is 0. The van der Waals surface area contributed by atoms with E-state index < -0.39 is 11.3 Å². The fraction of sp³-hybridized carbons (Fsp3) is 0.864. The highest BCUT2D eigenvalue weighted by atomic mass is 35.5. The molecule has 3 heteroatoms. The molecule has 2 nitrogen and oxygen atoms in total. The third kappa shape index (κ3) is 19.7. The van der Waals surface area contributed by atoms with Crippen LogP contribution in [0.15, 0.2) is 12.2 Å². The highest BCUT2D eigenvalue weighted by Crippen LogP contribution is 2.14. The lowest BCUT2D eigenvalue weighted by Gasteiger charge is -2.04. The predicted molar refractivity (Wildman–Crippen MR) is 111 cm³/mol. The van der Waals surface area contributed by atoms with E-state index in [-0.39, 0.29) is 0 Å². The number of aliphatic carboxylic acids is 1. The molecule has 0 bridgehead atoms. The number of hydrogen-bond acceptors (Lipinski definition) is 1. The zero-order chi connectivity index (χ0) is 18.6. The van der Waals surface area contributed by atoms with E-state index in [1.165, 1.54) is 89.9 Å². The van der Waals surface area contributed by atoms with Gasteiger partial charge in [-0.05, 0) is 32.1 Å². The molecule has 1 atom stereocenters. The van der Waals surface area contributed by atoms with E-state index in [0.29, 0.717) is 6.42 Å². The summed E-state index contributed by atoms with van der Waals surface area (Å²) in [5.41, 5.74) is 0. The maximum absolute atomic E-state index is 10.6. The van der Waals surface area contributed by atoms with E-state index in [9.17, 15) is 4.79 Å². The van der Waals surface area contributed by atoms with Gasteiger partial charge >= 0.3 is 5.97 Å². The van der Waals surface area contributed by atoms with Gasteiger partial charge in [-0.3, -0.25) is 4.79 Å². The molecule has 0 heterocycles. The number of carboxylic acids is 1. The lowest BCUT2D eigenvalue weighted by molar-refractivity contribution is -0.136. The van der Waals surface area contributed by atoms with Gasteiger partial charge in [-0.1, -0.05) is 96.1 Å². The molecular weight excluding hydrogens is 332 g/mol. The quantitative estimate of drug-likeness (QED) is 0.142. The Morgan fingerprint density at radius 3 is 1.60 bits per heavy atom. The molecule has 0 aliphatic carbocycles. The van der Waals surface area contributed by atoms with Crippen LogP contribution < -0.4 is 0 Å². The molecule has 0 spiro atoms. The molecule has 0 aromatic heterocycles. The Morgan fingerprint density at radius 2 is 1.16 bits per heavy atom. The average Bonchev–Trinajstić information content (AvgIpc) is 2.60. The molecule has 0 rings (SSSR count). The first-order valence-electron chi connectivity index (χ1n) is 10.7. The zero-order valence-electron chi connectivity index (χ0n) is 16.5.